The molecule has 0 radical (unpaired) electrons. The van der Waals surface area contributed by atoms with Crippen LogP contribution in [0.15, 0.2) is 29.2 Å². The molecule has 0 aliphatic rings. The van der Waals surface area contributed by atoms with Gasteiger partial charge >= 0.3 is 10.1 Å². The summed E-state index contributed by atoms with van der Waals surface area (Å²) in [5.74, 6) is 0. The van der Waals surface area contributed by atoms with Crippen molar-refractivity contribution in [1.82, 2.24) is 0 Å². The molecule has 0 fully saturated rings. The lowest BCUT2D eigenvalue weighted by atomic mass is 9.90. The van der Waals surface area contributed by atoms with Gasteiger partial charge in [0.1, 0.15) is 0 Å². The fraction of sp³-hybridized carbons (Fsp3) is 0.615. The van der Waals surface area contributed by atoms with Crippen molar-refractivity contribution in [3.05, 3.63) is 45.5 Å². The SMILES string of the molecule is CCCCCCCCc1c([N+](=O)[O-])c(S(=O)(=O)O)c2ccccc2c1CCCCCCCC. The van der Waals surface area contributed by atoms with E-state index < -0.39 is 25.6 Å². The minimum atomic E-state index is -4.76. The molecular formula is C26H39NO5S. The third-order valence-corrected chi connectivity index (χ3v) is 7.29. The van der Waals surface area contributed by atoms with Crippen molar-refractivity contribution in [2.24, 2.45) is 0 Å². The van der Waals surface area contributed by atoms with Crippen LogP contribution in [0.5, 0.6) is 0 Å². The van der Waals surface area contributed by atoms with E-state index in [1.165, 1.54) is 25.7 Å². The van der Waals surface area contributed by atoms with E-state index in [1.54, 1.807) is 12.1 Å². The molecule has 2 rings (SSSR count). The standard InChI is InChI=1S/C26H39NO5S/c1-3-5-7-9-11-13-17-21-22-18-15-16-20-24(22)26(33(30,31)32)25(27(28)29)23(21)19-14-12-10-8-6-4-2/h15-16,18,20H,3-14,17,19H2,1-2H3,(H,30,31,32). The average molecular weight is 478 g/mol. The summed E-state index contributed by atoms with van der Waals surface area (Å²) in [5, 5.41) is 13.1. The summed E-state index contributed by atoms with van der Waals surface area (Å²) >= 11 is 0. The van der Waals surface area contributed by atoms with Gasteiger partial charge in [0.2, 0.25) is 0 Å². The molecule has 0 aromatic heterocycles. The molecule has 184 valence electrons. The Morgan fingerprint density at radius 2 is 1.21 bits per heavy atom. The third-order valence-electron chi connectivity index (χ3n) is 6.36. The Balaban J connectivity index is 2.48. The first-order valence-corrected chi connectivity index (χ1v) is 13.9. The maximum Gasteiger partial charge on any atom is 0.302 e. The van der Waals surface area contributed by atoms with Crippen LogP contribution in [0.3, 0.4) is 0 Å². The first kappa shape index (κ1) is 27.3. The molecule has 0 saturated heterocycles. The van der Waals surface area contributed by atoms with Crippen LogP contribution >= 0.6 is 0 Å². The number of fused-ring (bicyclic) bond motifs is 1. The lowest BCUT2D eigenvalue weighted by Gasteiger charge is -2.17. The Morgan fingerprint density at radius 1 is 0.758 bits per heavy atom. The van der Waals surface area contributed by atoms with Gasteiger partial charge in [0, 0.05) is 10.9 Å². The number of rotatable bonds is 16. The van der Waals surface area contributed by atoms with Crippen LogP contribution in [0.4, 0.5) is 5.69 Å². The van der Waals surface area contributed by atoms with Gasteiger partial charge in [-0.05, 0) is 36.6 Å². The van der Waals surface area contributed by atoms with Crippen molar-refractivity contribution in [3.8, 4) is 0 Å². The quantitative estimate of drug-likeness (QED) is 0.115. The Labute approximate surface area is 198 Å². The van der Waals surface area contributed by atoms with Gasteiger partial charge in [0.15, 0.2) is 4.90 Å². The minimum absolute atomic E-state index is 0.236. The second-order valence-corrected chi connectivity index (χ2v) is 10.3. The predicted octanol–water partition coefficient (Wildman–Crippen LogP) is 7.80. The monoisotopic (exact) mass is 477 g/mol. The highest BCUT2D eigenvalue weighted by molar-refractivity contribution is 7.86. The number of hydrogen-bond acceptors (Lipinski definition) is 4. The number of unbranched alkanes of at least 4 members (excludes halogenated alkanes) is 10. The Morgan fingerprint density at radius 3 is 1.70 bits per heavy atom. The molecule has 0 bridgehead atoms. The van der Waals surface area contributed by atoms with E-state index in [0.717, 1.165) is 56.9 Å². The van der Waals surface area contributed by atoms with Crippen molar-refractivity contribution in [2.75, 3.05) is 0 Å². The zero-order valence-electron chi connectivity index (χ0n) is 20.1. The molecule has 0 amide bonds. The molecule has 33 heavy (non-hydrogen) atoms. The molecule has 0 unspecified atom stereocenters. The zero-order valence-corrected chi connectivity index (χ0v) is 21.0. The van der Waals surface area contributed by atoms with Gasteiger partial charge in [-0.1, -0.05) is 102 Å². The second kappa shape index (κ2) is 13.7. The molecule has 7 heteroatoms. The van der Waals surface area contributed by atoms with Gasteiger partial charge in [0.25, 0.3) is 5.69 Å². The van der Waals surface area contributed by atoms with E-state index in [0.29, 0.717) is 23.8 Å². The first-order valence-electron chi connectivity index (χ1n) is 12.5. The van der Waals surface area contributed by atoms with Gasteiger partial charge in [-0.15, -0.1) is 0 Å². The molecule has 0 aliphatic heterocycles. The topological polar surface area (TPSA) is 97.5 Å². The van der Waals surface area contributed by atoms with Crippen LogP contribution in [0.2, 0.25) is 0 Å². The summed E-state index contributed by atoms with van der Waals surface area (Å²) in [7, 11) is -4.76. The third kappa shape index (κ3) is 7.78. The van der Waals surface area contributed by atoms with Gasteiger partial charge in [-0.25, -0.2) is 0 Å². The van der Waals surface area contributed by atoms with Crippen LogP contribution in [-0.4, -0.2) is 17.9 Å². The van der Waals surface area contributed by atoms with Crippen LogP contribution in [0.1, 0.15) is 102 Å². The summed E-state index contributed by atoms with van der Waals surface area (Å²) < 4.78 is 34.6. The second-order valence-electron chi connectivity index (χ2n) is 8.95. The molecule has 2 aromatic carbocycles. The zero-order chi connectivity index (χ0) is 24.3. The smallest absolute Gasteiger partial charge is 0.282 e. The number of benzene rings is 2. The van der Waals surface area contributed by atoms with Gasteiger partial charge in [-0.2, -0.15) is 8.42 Å². The van der Waals surface area contributed by atoms with E-state index >= 15 is 0 Å². The van der Waals surface area contributed by atoms with E-state index in [2.05, 4.69) is 13.8 Å². The molecule has 0 spiro atoms. The summed E-state index contributed by atoms with van der Waals surface area (Å²) in [6.45, 7) is 4.33. The summed E-state index contributed by atoms with van der Waals surface area (Å²) in [5.41, 5.74) is 0.912. The normalized spacial score (nSPS) is 11.8. The Kier molecular flexibility index (Phi) is 11.3. The van der Waals surface area contributed by atoms with Crippen molar-refractivity contribution in [1.29, 1.82) is 0 Å². The number of aryl methyl sites for hydroxylation is 1. The molecule has 0 atom stereocenters. The highest BCUT2D eigenvalue weighted by atomic mass is 32.2. The first-order chi connectivity index (χ1) is 15.8. The lowest BCUT2D eigenvalue weighted by Crippen LogP contribution is -2.11. The molecule has 0 saturated carbocycles. The molecule has 0 heterocycles. The lowest BCUT2D eigenvalue weighted by molar-refractivity contribution is -0.388. The highest BCUT2D eigenvalue weighted by Crippen LogP contribution is 2.40. The average Bonchev–Trinajstić information content (AvgIpc) is 2.77. The maximum atomic E-state index is 12.3. The van der Waals surface area contributed by atoms with Gasteiger partial charge < -0.3 is 0 Å². The van der Waals surface area contributed by atoms with Gasteiger partial charge in [-0.3, -0.25) is 14.7 Å². The Bertz CT molecular complexity index is 1020. The fourth-order valence-electron chi connectivity index (χ4n) is 4.69. The van der Waals surface area contributed by atoms with E-state index in [4.69, 9.17) is 0 Å². The molecule has 6 nitrogen and oxygen atoms in total. The molecular weight excluding hydrogens is 438 g/mol. The molecule has 0 aliphatic carbocycles. The van der Waals surface area contributed by atoms with Crippen molar-refractivity contribution < 1.29 is 17.9 Å². The number of nitrogens with zero attached hydrogens (tertiary/aromatic N) is 1. The van der Waals surface area contributed by atoms with E-state index in [-0.39, 0.29) is 5.39 Å². The largest absolute Gasteiger partial charge is 0.302 e. The number of nitro benzene ring substituents is 1. The van der Waals surface area contributed by atoms with Crippen molar-refractivity contribution >= 4 is 26.6 Å². The summed E-state index contributed by atoms with van der Waals surface area (Å²) in [6.07, 6.45) is 14.0. The summed E-state index contributed by atoms with van der Waals surface area (Å²) in [4.78, 5) is 11.0. The number of hydrogen-bond donors (Lipinski definition) is 1. The van der Waals surface area contributed by atoms with Crippen molar-refractivity contribution in [2.45, 2.75) is 109 Å². The highest BCUT2D eigenvalue weighted by Gasteiger charge is 2.33. The summed E-state index contributed by atoms with van der Waals surface area (Å²) in [6, 6.07) is 6.86. The molecule has 2 aromatic rings. The number of nitro groups is 1. The fourth-order valence-corrected chi connectivity index (χ4v) is 5.59. The predicted molar refractivity (Wildman–Crippen MR) is 135 cm³/mol. The van der Waals surface area contributed by atoms with Crippen molar-refractivity contribution in [3.63, 3.8) is 0 Å². The van der Waals surface area contributed by atoms with Crippen LogP contribution in [0, 0.1) is 10.1 Å². The molecule has 1 N–H and O–H groups in total. The van der Waals surface area contributed by atoms with E-state index in [1.807, 2.05) is 12.1 Å². The van der Waals surface area contributed by atoms with Crippen LogP contribution in [-0.2, 0) is 23.0 Å². The minimum Gasteiger partial charge on any atom is -0.282 e. The van der Waals surface area contributed by atoms with E-state index in [9.17, 15) is 23.1 Å². The maximum absolute atomic E-state index is 12.3. The Hall–Kier alpha value is -1.99. The van der Waals surface area contributed by atoms with Gasteiger partial charge in [0.05, 0.1) is 4.92 Å². The van der Waals surface area contributed by atoms with Crippen LogP contribution in [0.25, 0.3) is 10.8 Å². The van der Waals surface area contributed by atoms with Crippen LogP contribution < -0.4 is 0 Å².